The molecule has 96 valence electrons. The molecule has 0 fully saturated rings. The van der Waals surface area contributed by atoms with Crippen molar-refractivity contribution < 1.29 is 9.47 Å². The Morgan fingerprint density at radius 1 is 1.12 bits per heavy atom. The predicted molar refractivity (Wildman–Crippen MR) is 70.7 cm³/mol. The highest BCUT2D eigenvalue weighted by Gasteiger charge is 2.07. The van der Waals surface area contributed by atoms with Crippen molar-refractivity contribution in [1.82, 2.24) is 5.32 Å². The van der Waals surface area contributed by atoms with E-state index < -0.39 is 0 Å². The van der Waals surface area contributed by atoms with Crippen LogP contribution in [-0.2, 0) is 11.2 Å². The molecule has 0 radical (unpaired) electrons. The summed E-state index contributed by atoms with van der Waals surface area (Å²) in [6.45, 7) is 6.45. The third kappa shape index (κ3) is 5.20. The van der Waals surface area contributed by atoms with E-state index in [9.17, 15) is 0 Å². The second kappa shape index (κ2) is 8.09. The minimum Gasteiger partial charge on any atom is -0.492 e. The van der Waals surface area contributed by atoms with Gasteiger partial charge in [0.05, 0.1) is 12.6 Å². The molecule has 0 aliphatic rings. The van der Waals surface area contributed by atoms with E-state index >= 15 is 0 Å². The average Bonchev–Trinajstić information content (AvgIpc) is 2.37. The minimum absolute atomic E-state index is 0.246. The van der Waals surface area contributed by atoms with E-state index in [-0.39, 0.29) is 6.04 Å². The number of hydrogen-bond donors (Lipinski definition) is 1. The summed E-state index contributed by atoms with van der Waals surface area (Å²) in [6, 6.07) is 8.50. The SMILES string of the molecule is CCNC(COC)COc1ccc(CC)cc1. The molecule has 0 heterocycles. The molecule has 0 saturated carbocycles. The number of aryl methyl sites for hydroxylation is 1. The van der Waals surface area contributed by atoms with Crippen molar-refractivity contribution in [3.05, 3.63) is 29.8 Å². The Kier molecular flexibility index (Phi) is 6.67. The van der Waals surface area contributed by atoms with E-state index in [0.29, 0.717) is 13.2 Å². The Labute approximate surface area is 104 Å². The highest BCUT2D eigenvalue weighted by molar-refractivity contribution is 5.27. The Morgan fingerprint density at radius 3 is 2.35 bits per heavy atom. The molecule has 0 aromatic heterocycles. The highest BCUT2D eigenvalue weighted by atomic mass is 16.5. The molecule has 1 N–H and O–H groups in total. The van der Waals surface area contributed by atoms with Crippen LogP contribution in [0.25, 0.3) is 0 Å². The number of rotatable bonds is 8. The van der Waals surface area contributed by atoms with Gasteiger partial charge in [-0.25, -0.2) is 0 Å². The molecule has 1 unspecified atom stereocenters. The van der Waals surface area contributed by atoms with Crippen LogP contribution in [0.15, 0.2) is 24.3 Å². The summed E-state index contributed by atoms with van der Waals surface area (Å²) in [5.74, 6) is 0.918. The third-order valence-corrected chi connectivity index (χ3v) is 2.64. The first-order valence-electron chi connectivity index (χ1n) is 6.24. The smallest absolute Gasteiger partial charge is 0.119 e. The van der Waals surface area contributed by atoms with E-state index in [4.69, 9.17) is 9.47 Å². The largest absolute Gasteiger partial charge is 0.492 e. The normalized spacial score (nSPS) is 12.4. The van der Waals surface area contributed by atoms with Crippen LogP contribution in [0.4, 0.5) is 0 Å². The second-order valence-electron chi connectivity index (χ2n) is 4.02. The lowest BCUT2D eigenvalue weighted by Gasteiger charge is -2.17. The molecule has 0 amide bonds. The zero-order chi connectivity index (χ0) is 12.5. The summed E-state index contributed by atoms with van der Waals surface area (Å²) < 4.78 is 10.9. The van der Waals surface area contributed by atoms with Crippen molar-refractivity contribution in [2.45, 2.75) is 26.3 Å². The Bertz CT molecular complexity index is 292. The quantitative estimate of drug-likeness (QED) is 0.752. The highest BCUT2D eigenvalue weighted by Crippen LogP contribution is 2.12. The molecular formula is C14H23NO2. The topological polar surface area (TPSA) is 30.5 Å². The van der Waals surface area contributed by atoms with Crippen LogP contribution in [0, 0.1) is 0 Å². The van der Waals surface area contributed by atoms with Crippen molar-refractivity contribution in [3.8, 4) is 5.75 Å². The second-order valence-corrected chi connectivity index (χ2v) is 4.02. The Hall–Kier alpha value is -1.06. The summed E-state index contributed by atoms with van der Waals surface area (Å²) in [5, 5.41) is 3.33. The van der Waals surface area contributed by atoms with Crippen LogP contribution >= 0.6 is 0 Å². The van der Waals surface area contributed by atoms with Crippen LogP contribution in [0.1, 0.15) is 19.4 Å². The van der Waals surface area contributed by atoms with Crippen molar-refractivity contribution in [3.63, 3.8) is 0 Å². The van der Waals surface area contributed by atoms with E-state index in [1.807, 2.05) is 12.1 Å². The van der Waals surface area contributed by atoms with Gasteiger partial charge in [0.1, 0.15) is 12.4 Å². The van der Waals surface area contributed by atoms with Crippen LogP contribution in [0.3, 0.4) is 0 Å². The average molecular weight is 237 g/mol. The maximum atomic E-state index is 5.73. The Balaban J connectivity index is 2.41. The molecule has 17 heavy (non-hydrogen) atoms. The number of methoxy groups -OCH3 is 1. The van der Waals surface area contributed by atoms with Gasteiger partial charge in [-0.2, -0.15) is 0 Å². The molecule has 3 heteroatoms. The maximum Gasteiger partial charge on any atom is 0.119 e. The molecule has 3 nitrogen and oxygen atoms in total. The van der Waals surface area contributed by atoms with Crippen molar-refractivity contribution in [2.24, 2.45) is 0 Å². The van der Waals surface area contributed by atoms with Gasteiger partial charge in [0.2, 0.25) is 0 Å². The molecule has 1 atom stereocenters. The summed E-state index contributed by atoms with van der Waals surface area (Å²) in [4.78, 5) is 0. The number of hydrogen-bond acceptors (Lipinski definition) is 3. The van der Waals surface area contributed by atoms with E-state index in [1.54, 1.807) is 7.11 Å². The summed E-state index contributed by atoms with van der Waals surface area (Å²) >= 11 is 0. The molecule has 1 aromatic rings. The predicted octanol–water partition coefficient (Wildman–Crippen LogP) is 2.25. The Morgan fingerprint density at radius 2 is 1.82 bits per heavy atom. The first kappa shape index (κ1) is 14.0. The molecule has 0 aliphatic heterocycles. The van der Waals surface area contributed by atoms with Gasteiger partial charge in [-0.3, -0.25) is 0 Å². The molecule has 1 aromatic carbocycles. The first-order valence-corrected chi connectivity index (χ1v) is 6.24. The zero-order valence-corrected chi connectivity index (χ0v) is 11.0. The minimum atomic E-state index is 0.246. The first-order chi connectivity index (χ1) is 8.30. The van der Waals surface area contributed by atoms with Crippen LogP contribution in [0.5, 0.6) is 5.75 Å². The lowest BCUT2D eigenvalue weighted by molar-refractivity contribution is 0.137. The summed E-state index contributed by atoms with van der Waals surface area (Å²) in [6.07, 6.45) is 1.06. The van der Waals surface area contributed by atoms with Crippen LogP contribution < -0.4 is 10.1 Å². The van der Waals surface area contributed by atoms with Gasteiger partial charge in [-0.1, -0.05) is 26.0 Å². The lowest BCUT2D eigenvalue weighted by atomic mass is 10.2. The third-order valence-electron chi connectivity index (χ3n) is 2.64. The van der Waals surface area contributed by atoms with Gasteiger partial charge in [0.15, 0.2) is 0 Å². The van der Waals surface area contributed by atoms with Crippen LogP contribution in [-0.4, -0.2) is 32.9 Å². The standard InChI is InChI=1S/C14H23NO2/c1-4-12-6-8-14(9-7-12)17-11-13(10-16-3)15-5-2/h6-9,13,15H,4-5,10-11H2,1-3H3. The van der Waals surface area contributed by atoms with Crippen LogP contribution in [0.2, 0.25) is 0 Å². The molecule has 1 rings (SSSR count). The molecule has 0 bridgehead atoms. The fourth-order valence-electron chi connectivity index (χ4n) is 1.67. The zero-order valence-electron chi connectivity index (χ0n) is 11.0. The molecule has 0 aliphatic carbocycles. The maximum absolute atomic E-state index is 5.73. The lowest BCUT2D eigenvalue weighted by Crippen LogP contribution is -2.38. The molecule has 0 spiro atoms. The van der Waals surface area contributed by atoms with E-state index in [0.717, 1.165) is 18.7 Å². The number of benzene rings is 1. The fourth-order valence-corrected chi connectivity index (χ4v) is 1.67. The fraction of sp³-hybridized carbons (Fsp3) is 0.571. The number of likely N-dealkylation sites (N-methyl/N-ethyl adjacent to an activating group) is 1. The summed E-state index contributed by atoms with van der Waals surface area (Å²) in [7, 11) is 1.71. The number of nitrogens with one attached hydrogen (secondary N) is 1. The van der Waals surface area contributed by atoms with Gasteiger partial charge in [-0.15, -0.1) is 0 Å². The van der Waals surface area contributed by atoms with Gasteiger partial charge in [-0.05, 0) is 30.7 Å². The van der Waals surface area contributed by atoms with E-state index in [2.05, 4.69) is 31.3 Å². The monoisotopic (exact) mass is 237 g/mol. The van der Waals surface area contributed by atoms with Crippen molar-refractivity contribution in [2.75, 3.05) is 26.9 Å². The van der Waals surface area contributed by atoms with Gasteiger partial charge < -0.3 is 14.8 Å². The van der Waals surface area contributed by atoms with Gasteiger partial charge in [0.25, 0.3) is 0 Å². The van der Waals surface area contributed by atoms with Crippen molar-refractivity contribution in [1.29, 1.82) is 0 Å². The van der Waals surface area contributed by atoms with Gasteiger partial charge >= 0.3 is 0 Å². The van der Waals surface area contributed by atoms with E-state index in [1.165, 1.54) is 5.56 Å². The summed E-state index contributed by atoms with van der Waals surface area (Å²) in [5.41, 5.74) is 1.33. The van der Waals surface area contributed by atoms with Gasteiger partial charge in [0, 0.05) is 7.11 Å². The molecule has 0 saturated heterocycles. The molecular weight excluding hydrogens is 214 g/mol. The number of ether oxygens (including phenoxy) is 2. The van der Waals surface area contributed by atoms with Crippen molar-refractivity contribution >= 4 is 0 Å².